The first-order chi connectivity index (χ1) is 13.4. The number of alkyl halides is 6. The van der Waals surface area contributed by atoms with Gasteiger partial charge in [0.15, 0.2) is 0 Å². The van der Waals surface area contributed by atoms with Crippen LogP contribution in [0.25, 0.3) is 5.69 Å². The molecule has 14 heteroatoms. The molecule has 158 valence electrons. The van der Waals surface area contributed by atoms with Crippen molar-refractivity contribution >= 4 is 17.6 Å². The molecule has 2 aromatic rings. The van der Waals surface area contributed by atoms with E-state index in [0.717, 1.165) is 30.1 Å². The molecule has 3 amide bonds. The molecule has 1 unspecified atom stereocenters. The maximum Gasteiger partial charge on any atom is 0.418 e. The number of hydrogen-bond donors (Lipinski definition) is 3. The van der Waals surface area contributed by atoms with Crippen LogP contribution < -0.4 is 16.0 Å². The SMILES string of the molecule is CC(NC(=O)Nc1ccc(-n2cncn2)cc1C(F)(F)F)C(=O)NCC(F)(F)F. The average Bonchev–Trinajstić information content (AvgIpc) is 3.12. The first-order valence-corrected chi connectivity index (χ1v) is 7.85. The number of benzene rings is 1. The first-order valence-electron chi connectivity index (χ1n) is 7.85. The number of nitrogens with one attached hydrogen (secondary N) is 3. The lowest BCUT2D eigenvalue weighted by Crippen LogP contribution is -2.48. The normalized spacial score (nSPS) is 12.9. The summed E-state index contributed by atoms with van der Waals surface area (Å²) in [6, 6.07) is 0.288. The van der Waals surface area contributed by atoms with Crippen LogP contribution in [0.4, 0.5) is 36.8 Å². The van der Waals surface area contributed by atoms with Gasteiger partial charge in [0, 0.05) is 0 Å². The van der Waals surface area contributed by atoms with E-state index < -0.39 is 48.1 Å². The largest absolute Gasteiger partial charge is 0.418 e. The van der Waals surface area contributed by atoms with Crippen molar-refractivity contribution in [2.24, 2.45) is 0 Å². The molecule has 1 aromatic heterocycles. The van der Waals surface area contributed by atoms with E-state index in [9.17, 15) is 35.9 Å². The van der Waals surface area contributed by atoms with Crippen LogP contribution in [0.15, 0.2) is 30.9 Å². The molecule has 0 spiro atoms. The van der Waals surface area contributed by atoms with Crippen LogP contribution in [-0.2, 0) is 11.0 Å². The van der Waals surface area contributed by atoms with Crippen LogP contribution in [0.5, 0.6) is 0 Å². The summed E-state index contributed by atoms with van der Waals surface area (Å²) in [6.07, 6.45) is -7.19. The van der Waals surface area contributed by atoms with Crippen molar-refractivity contribution < 1.29 is 35.9 Å². The fourth-order valence-corrected chi connectivity index (χ4v) is 2.12. The summed E-state index contributed by atoms with van der Waals surface area (Å²) in [5, 5.41) is 9.15. The highest BCUT2D eigenvalue weighted by molar-refractivity contribution is 5.94. The number of amides is 3. The molecule has 0 saturated heterocycles. The fraction of sp³-hybridized carbons (Fsp3) is 0.333. The van der Waals surface area contributed by atoms with E-state index in [4.69, 9.17) is 0 Å². The monoisotopic (exact) mass is 424 g/mol. The highest BCUT2D eigenvalue weighted by Gasteiger charge is 2.35. The van der Waals surface area contributed by atoms with Crippen molar-refractivity contribution in [3.05, 3.63) is 36.4 Å². The van der Waals surface area contributed by atoms with Crippen molar-refractivity contribution in [2.45, 2.75) is 25.3 Å². The van der Waals surface area contributed by atoms with Crippen LogP contribution in [-0.4, -0.2) is 45.5 Å². The lowest BCUT2D eigenvalue weighted by Gasteiger charge is -2.18. The smallest absolute Gasteiger partial charge is 0.345 e. The molecule has 29 heavy (non-hydrogen) atoms. The molecule has 0 bridgehead atoms. The van der Waals surface area contributed by atoms with Crippen molar-refractivity contribution in [1.82, 2.24) is 25.4 Å². The zero-order valence-corrected chi connectivity index (χ0v) is 14.6. The number of carbonyl (C=O) groups excluding carboxylic acids is 2. The highest BCUT2D eigenvalue weighted by atomic mass is 19.4. The van der Waals surface area contributed by atoms with Gasteiger partial charge in [0.2, 0.25) is 5.91 Å². The van der Waals surface area contributed by atoms with E-state index in [-0.39, 0.29) is 5.69 Å². The molecule has 1 aromatic carbocycles. The summed E-state index contributed by atoms with van der Waals surface area (Å²) in [5.74, 6) is -1.16. The molecule has 0 aliphatic rings. The Bertz CT molecular complexity index is 865. The minimum absolute atomic E-state index is 0.0284. The van der Waals surface area contributed by atoms with Gasteiger partial charge in [-0.25, -0.2) is 14.5 Å². The summed E-state index contributed by atoms with van der Waals surface area (Å²) in [4.78, 5) is 27.1. The van der Waals surface area contributed by atoms with Gasteiger partial charge in [0.1, 0.15) is 25.2 Å². The van der Waals surface area contributed by atoms with Crippen molar-refractivity contribution in [1.29, 1.82) is 0 Å². The molecule has 8 nitrogen and oxygen atoms in total. The van der Waals surface area contributed by atoms with Gasteiger partial charge in [-0.3, -0.25) is 4.79 Å². The quantitative estimate of drug-likeness (QED) is 0.642. The number of aromatic nitrogens is 3. The van der Waals surface area contributed by atoms with Gasteiger partial charge < -0.3 is 16.0 Å². The van der Waals surface area contributed by atoms with Gasteiger partial charge in [-0.05, 0) is 25.1 Å². The van der Waals surface area contributed by atoms with Crippen molar-refractivity contribution in [2.75, 3.05) is 11.9 Å². The molecule has 0 aliphatic heterocycles. The van der Waals surface area contributed by atoms with E-state index >= 15 is 0 Å². The summed E-state index contributed by atoms with van der Waals surface area (Å²) < 4.78 is 77.3. The lowest BCUT2D eigenvalue weighted by atomic mass is 10.1. The Balaban J connectivity index is 2.10. The van der Waals surface area contributed by atoms with Gasteiger partial charge in [-0.1, -0.05) is 0 Å². The standard InChI is InChI=1S/C15H14F6N6O2/c1-8(12(28)23-5-14(16,17)18)25-13(29)26-11-3-2-9(27-7-22-6-24-27)4-10(11)15(19,20)21/h2-4,6-8H,5H2,1H3,(H,23,28)(H2,25,26,29). The zero-order valence-electron chi connectivity index (χ0n) is 14.6. The molecular formula is C15H14F6N6O2. The van der Waals surface area contributed by atoms with E-state index in [1.807, 2.05) is 10.6 Å². The molecule has 0 aliphatic carbocycles. The Morgan fingerprint density at radius 3 is 2.41 bits per heavy atom. The van der Waals surface area contributed by atoms with Crippen LogP contribution in [0.3, 0.4) is 0 Å². The van der Waals surface area contributed by atoms with Gasteiger partial charge in [0.05, 0.1) is 16.9 Å². The van der Waals surface area contributed by atoms with Crippen LogP contribution in [0.2, 0.25) is 0 Å². The minimum atomic E-state index is -4.84. The predicted octanol–water partition coefficient (Wildman–Crippen LogP) is 2.47. The molecule has 0 radical (unpaired) electrons. The Kier molecular flexibility index (Phi) is 6.34. The second-order valence-corrected chi connectivity index (χ2v) is 5.72. The molecular weight excluding hydrogens is 410 g/mol. The summed E-state index contributed by atoms with van der Waals surface area (Å²) >= 11 is 0. The number of hydrogen-bond acceptors (Lipinski definition) is 4. The first kappa shape index (κ1) is 22.0. The van der Waals surface area contributed by atoms with Gasteiger partial charge >= 0.3 is 18.4 Å². The van der Waals surface area contributed by atoms with Gasteiger partial charge in [0.25, 0.3) is 0 Å². The second kappa shape index (κ2) is 8.36. The highest BCUT2D eigenvalue weighted by Crippen LogP contribution is 2.36. The number of rotatable bonds is 5. The fourth-order valence-electron chi connectivity index (χ4n) is 2.12. The van der Waals surface area contributed by atoms with E-state index in [1.165, 1.54) is 12.4 Å². The summed E-state index contributed by atoms with van der Waals surface area (Å²) in [7, 11) is 0. The summed E-state index contributed by atoms with van der Waals surface area (Å²) in [5.41, 5.74) is -1.79. The van der Waals surface area contributed by atoms with Gasteiger partial charge in [-0.15, -0.1) is 0 Å². The van der Waals surface area contributed by atoms with Crippen molar-refractivity contribution in [3.63, 3.8) is 0 Å². The molecule has 1 heterocycles. The zero-order chi connectivity index (χ0) is 21.8. The molecule has 2 rings (SSSR count). The van der Waals surface area contributed by atoms with E-state index in [2.05, 4.69) is 10.1 Å². The third kappa shape index (κ3) is 6.36. The van der Waals surface area contributed by atoms with Crippen LogP contribution in [0, 0.1) is 0 Å². The number of anilines is 1. The van der Waals surface area contributed by atoms with Crippen molar-refractivity contribution in [3.8, 4) is 5.69 Å². The Morgan fingerprint density at radius 1 is 1.17 bits per heavy atom. The molecule has 0 saturated carbocycles. The number of halogens is 6. The van der Waals surface area contributed by atoms with E-state index in [0.29, 0.717) is 0 Å². The molecule has 3 N–H and O–H groups in total. The van der Waals surface area contributed by atoms with E-state index in [1.54, 1.807) is 5.32 Å². The van der Waals surface area contributed by atoms with Crippen LogP contribution in [0.1, 0.15) is 12.5 Å². The summed E-state index contributed by atoms with van der Waals surface area (Å²) in [6.45, 7) is -0.536. The topological polar surface area (TPSA) is 101 Å². The Morgan fingerprint density at radius 2 is 1.86 bits per heavy atom. The average molecular weight is 424 g/mol. The Hall–Kier alpha value is -3.32. The minimum Gasteiger partial charge on any atom is -0.345 e. The predicted molar refractivity (Wildman–Crippen MR) is 87.0 cm³/mol. The van der Waals surface area contributed by atoms with Crippen LogP contribution >= 0.6 is 0 Å². The maximum absolute atomic E-state index is 13.3. The number of urea groups is 1. The second-order valence-electron chi connectivity index (χ2n) is 5.72. The Labute approximate surface area is 159 Å². The number of carbonyl (C=O) groups is 2. The number of nitrogens with zero attached hydrogens (tertiary/aromatic N) is 3. The maximum atomic E-state index is 13.3. The molecule has 0 fully saturated rings. The third-order valence-electron chi connectivity index (χ3n) is 3.44. The van der Waals surface area contributed by atoms with Gasteiger partial charge in [-0.2, -0.15) is 31.4 Å². The molecule has 1 atom stereocenters. The lowest BCUT2D eigenvalue weighted by molar-refractivity contribution is -0.139. The third-order valence-corrected chi connectivity index (χ3v) is 3.44.